The fourth-order valence-electron chi connectivity index (χ4n) is 5.15. The van der Waals surface area contributed by atoms with Crippen LogP contribution in [0.25, 0.3) is 17.1 Å². The van der Waals surface area contributed by atoms with Gasteiger partial charge < -0.3 is 9.67 Å². The van der Waals surface area contributed by atoms with Crippen LogP contribution in [-0.4, -0.2) is 33.8 Å². The van der Waals surface area contributed by atoms with Gasteiger partial charge in [0.05, 0.1) is 17.7 Å². The molecule has 4 heterocycles. The highest BCUT2D eigenvalue weighted by Gasteiger charge is 2.52. The highest BCUT2D eigenvalue weighted by Crippen LogP contribution is 2.55. The third-order valence-corrected chi connectivity index (χ3v) is 6.21. The zero-order valence-corrected chi connectivity index (χ0v) is 13.0. The van der Waals surface area contributed by atoms with Crippen molar-refractivity contribution in [1.29, 1.82) is 0 Å². The summed E-state index contributed by atoms with van der Waals surface area (Å²) in [5.74, 6) is 0. The van der Waals surface area contributed by atoms with Crippen molar-refractivity contribution < 1.29 is 5.11 Å². The Hall–Kier alpha value is -1.58. The molecular weight excluding hydrogens is 272 g/mol. The maximum atomic E-state index is 10.6. The van der Waals surface area contributed by atoms with Crippen molar-refractivity contribution in [3.63, 3.8) is 0 Å². The summed E-state index contributed by atoms with van der Waals surface area (Å²) in [4.78, 5) is 2.61. The van der Waals surface area contributed by atoms with Gasteiger partial charge in [-0.1, -0.05) is 24.3 Å². The van der Waals surface area contributed by atoms with Gasteiger partial charge in [-0.3, -0.25) is 4.90 Å². The molecular formula is C19H22N2O. The number of para-hydroxylation sites is 1. The zero-order chi connectivity index (χ0) is 14.9. The summed E-state index contributed by atoms with van der Waals surface area (Å²) >= 11 is 0. The number of rotatable bonds is 1. The number of aliphatic hydroxyl groups is 1. The Balaban J connectivity index is 1.85. The highest BCUT2D eigenvalue weighted by molar-refractivity contribution is 5.88. The molecule has 3 heteroatoms. The van der Waals surface area contributed by atoms with Crippen LogP contribution in [0.5, 0.6) is 0 Å². The van der Waals surface area contributed by atoms with E-state index in [0.29, 0.717) is 6.04 Å². The van der Waals surface area contributed by atoms with Crippen LogP contribution < -0.4 is 0 Å². The van der Waals surface area contributed by atoms with Gasteiger partial charge in [0.2, 0.25) is 0 Å². The summed E-state index contributed by atoms with van der Waals surface area (Å²) in [5.41, 5.74) is 4.15. The number of fused-ring (bicyclic) bond motifs is 3. The molecule has 0 radical (unpaired) electrons. The van der Waals surface area contributed by atoms with Crippen molar-refractivity contribution >= 4 is 17.1 Å². The molecule has 1 saturated heterocycles. The van der Waals surface area contributed by atoms with Gasteiger partial charge in [-0.25, -0.2) is 0 Å². The van der Waals surface area contributed by atoms with E-state index in [1.165, 1.54) is 28.6 Å². The van der Waals surface area contributed by atoms with Crippen LogP contribution in [0.15, 0.2) is 30.3 Å². The minimum atomic E-state index is -0.311. The van der Waals surface area contributed by atoms with Gasteiger partial charge in [-0.05, 0) is 44.4 Å². The van der Waals surface area contributed by atoms with Crippen LogP contribution >= 0.6 is 0 Å². The summed E-state index contributed by atoms with van der Waals surface area (Å²) < 4.78 is 2.38. The minimum absolute atomic E-state index is 0.113. The fourth-order valence-corrected chi connectivity index (χ4v) is 5.15. The number of hydrogen-bond acceptors (Lipinski definition) is 2. The second-order valence-electron chi connectivity index (χ2n) is 7.15. The van der Waals surface area contributed by atoms with Crippen LogP contribution in [0.4, 0.5) is 0 Å². The van der Waals surface area contributed by atoms with E-state index in [1.54, 1.807) is 0 Å². The summed E-state index contributed by atoms with van der Waals surface area (Å²) in [6.45, 7) is 4.25. The second-order valence-corrected chi connectivity index (χ2v) is 7.15. The van der Waals surface area contributed by atoms with Gasteiger partial charge in [-0.15, -0.1) is 0 Å². The number of benzene rings is 1. The lowest BCUT2D eigenvalue weighted by molar-refractivity contribution is -0.0476. The van der Waals surface area contributed by atoms with Crippen molar-refractivity contribution in [2.45, 2.75) is 38.3 Å². The predicted octanol–water partition coefficient (Wildman–Crippen LogP) is 3.19. The predicted molar refractivity (Wildman–Crippen MR) is 88.6 cm³/mol. The molecule has 0 saturated carbocycles. The molecule has 3 nitrogen and oxygen atoms in total. The molecule has 1 aromatic heterocycles. The first kappa shape index (κ1) is 12.9. The van der Waals surface area contributed by atoms with Gasteiger partial charge in [0, 0.05) is 29.2 Å². The van der Waals surface area contributed by atoms with Crippen LogP contribution in [-0.2, 0) is 6.42 Å². The molecule has 0 amide bonds. The molecule has 3 aliphatic heterocycles. The molecule has 0 aliphatic carbocycles. The summed E-state index contributed by atoms with van der Waals surface area (Å²) in [7, 11) is 0. The van der Waals surface area contributed by atoms with Gasteiger partial charge in [0.25, 0.3) is 0 Å². The Kier molecular flexibility index (Phi) is 2.49. The molecule has 1 fully saturated rings. The largest absolute Gasteiger partial charge is 0.392 e. The van der Waals surface area contributed by atoms with Gasteiger partial charge in [-0.2, -0.15) is 0 Å². The summed E-state index contributed by atoms with van der Waals surface area (Å²) in [5, 5.41) is 12.0. The third-order valence-electron chi connectivity index (χ3n) is 6.21. The first-order chi connectivity index (χ1) is 10.7. The average molecular weight is 294 g/mol. The van der Waals surface area contributed by atoms with E-state index in [2.05, 4.69) is 46.0 Å². The van der Waals surface area contributed by atoms with E-state index in [1.807, 2.05) is 6.92 Å². The molecule has 3 aliphatic rings. The monoisotopic (exact) mass is 294 g/mol. The minimum Gasteiger partial charge on any atom is -0.392 e. The van der Waals surface area contributed by atoms with Crippen molar-refractivity contribution in [3.8, 4) is 0 Å². The van der Waals surface area contributed by atoms with E-state index >= 15 is 0 Å². The smallest absolute Gasteiger partial charge is 0.0624 e. The van der Waals surface area contributed by atoms with Crippen LogP contribution in [0.1, 0.15) is 37.1 Å². The van der Waals surface area contributed by atoms with E-state index < -0.39 is 0 Å². The van der Waals surface area contributed by atoms with Gasteiger partial charge in [0.15, 0.2) is 0 Å². The van der Waals surface area contributed by atoms with Crippen LogP contribution in [0, 0.1) is 5.41 Å². The summed E-state index contributed by atoms with van der Waals surface area (Å²) in [6, 6.07) is 9.08. The highest BCUT2D eigenvalue weighted by atomic mass is 16.3. The Labute approximate surface area is 130 Å². The van der Waals surface area contributed by atoms with Crippen LogP contribution in [0.2, 0.25) is 0 Å². The standard InChI is InChI=1S/C19H22N2O/c1-13(22)19-8-4-10-20-11-7-15-14-5-2-3-6-16(14)21(12-9-19)17(15)18(19)20/h2-3,5-6,9,12-13,18,22H,4,7-8,10-11H2,1H3/t13-,18+,19-/m0/s1. The van der Waals surface area contributed by atoms with Crippen molar-refractivity contribution in [2.24, 2.45) is 5.41 Å². The van der Waals surface area contributed by atoms with Crippen molar-refractivity contribution in [1.82, 2.24) is 9.47 Å². The normalized spacial score (nSPS) is 31.3. The maximum absolute atomic E-state index is 10.6. The van der Waals surface area contributed by atoms with Gasteiger partial charge in [0.1, 0.15) is 0 Å². The van der Waals surface area contributed by atoms with Gasteiger partial charge >= 0.3 is 0 Å². The number of aromatic nitrogens is 1. The molecule has 5 rings (SSSR count). The topological polar surface area (TPSA) is 28.4 Å². The fraction of sp³-hybridized carbons (Fsp3) is 0.474. The lowest BCUT2D eigenvalue weighted by Gasteiger charge is -2.54. The molecule has 0 unspecified atom stereocenters. The quantitative estimate of drug-likeness (QED) is 0.875. The lowest BCUT2D eigenvalue weighted by Crippen LogP contribution is -2.54. The SMILES string of the molecule is C[C@H](O)[C@@]12C=Cn3c4c(c5ccccc53)CCN(CCC1)[C@H]42. The van der Waals surface area contributed by atoms with E-state index in [0.717, 1.165) is 25.9 Å². The molecule has 2 aromatic rings. The first-order valence-corrected chi connectivity index (χ1v) is 8.45. The molecule has 114 valence electrons. The van der Waals surface area contributed by atoms with E-state index in [4.69, 9.17) is 0 Å². The third kappa shape index (κ3) is 1.39. The van der Waals surface area contributed by atoms with Crippen molar-refractivity contribution in [2.75, 3.05) is 13.1 Å². The Morgan fingerprint density at radius 3 is 3.00 bits per heavy atom. The molecule has 0 bridgehead atoms. The number of hydrogen-bond donors (Lipinski definition) is 1. The first-order valence-electron chi connectivity index (χ1n) is 8.45. The van der Waals surface area contributed by atoms with E-state index in [-0.39, 0.29) is 11.5 Å². The van der Waals surface area contributed by atoms with Crippen LogP contribution in [0.3, 0.4) is 0 Å². The number of piperidine rings is 1. The molecule has 1 N–H and O–H groups in total. The van der Waals surface area contributed by atoms with Crippen molar-refractivity contribution in [3.05, 3.63) is 41.6 Å². The number of nitrogens with zero attached hydrogens (tertiary/aromatic N) is 2. The molecule has 3 atom stereocenters. The Morgan fingerprint density at radius 1 is 1.27 bits per heavy atom. The Bertz CT molecular complexity index is 788. The lowest BCUT2D eigenvalue weighted by atomic mass is 9.65. The maximum Gasteiger partial charge on any atom is 0.0624 e. The summed E-state index contributed by atoms with van der Waals surface area (Å²) in [6.07, 6.45) is 7.60. The number of aliphatic hydroxyl groups excluding tert-OH is 1. The Morgan fingerprint density at radius 2 is 2.14 bits per heavy atom. The molecule has 1 aromatic carbocycles. The average Bonchev–Trinajstić information content (AvgIpc) is 2.88. The molecule has 22 heavy (non-hydrogen) atoms. The molecule has 0 spiro atoms. The second kappa shape index (κ2) is 4.24. The zero-order valence-electron chi connectivity index (χ0n) is 13.0. The van der Waals surface area contributed by atoms with E-state index in [9.17, 15) is 5.11 Å².